The Labute approximate surface area is 86.3 Å². The molecule has 1 fully saturated rings. The van der Waals surface area contributed by atoms with Crippen molar-refractivity contribution in [2.75, 3.05) is 13.1 Å². The molecule has 0 aromatic rings. The molecule has 1 nitrogen and oxygen atoms in total. The quantitative estimate of drug-likeness (QED) is 0.614. The summed E-state index contributed by atoms with van der Waals surface area (Å²) in [7, 11) is 0. The molecule has 0 aromatic heterocycles. The molecule has 0 saturated carbocycles. The van der Waals surface area contributed by atoms with Gasteiger partial charge in [0.2, 0.25) is 0 Å². The van der Waals surface area contributed by atoms with E-state index in [1.165, 1.54) is 51.6 Å². The van der Waals surface area contributed by atoms with Crippen molar-refractivity contribution in [3.63, 3.8) is 0 Å². The first-order valence-corrected chi connectivity index (χ1v) is 9.50. The Morgan fingerprint density at radius 3 is 1.46 bits per heavy atom. The molecular formula is C11H25MnN. The van der Waals surface area contributed by atoms with Crippen LogP contribution in [-0.4, -0.2) is 17.0 Å². The van der Waals surface area contributed by atoms with Gasteiger partial charge in [-0.1, -0.05) is 0 Å². The van der Waals surface area contributed by atoms with Gasteiger partial charge in [-0.15, -0.1) is 0 Å². The van der Waals surface area contributed by atoms with Crippen LogP contribution in [0.5, 0.6) is 0 Å². The molecule has 0 N–H and O–H groups in total. The maximum atomic E-state index is 2.79. The van der Waals surface area contributed by atoms with Crippen LogP contribution in [0.25, 0.3) is 0 Å². The summed E-state index contributed by atoms with van der Waals surface area (Å²) < 4.78 is 2.79. The van der Waals surface area contributed by atoms with Crippen molar-refractivity contribution in [2.24, 2.45) is 0 Å². The predicted molar refractivity (Wildman–Crippen MR) is 56.9 cm³/mol. The van der Waals surface area contributed by atoms with Crippen molar-refractivity contribution < 1.29 is 13.1 Å². The second kappa shape index (κ2) is 5.38. The zero-order valence-electron chi connectivity index (χ0n) is 9.48. The Morgan fingerprint density at radius 2 is 1.08 bits per heavy atom. The third-order valence-electron chi connectivity index (χ3n) is 2.77. The van der Waals surface area contributed by atoms with Gasteiger partial charge in [-0.05, 0) is 0 Å². The molecule has 1 aliphatic heterocycles. The van der Waals surface area contributed by atoms with Crippen LogP contribution >= 0.6 is 0 Å². The Hall–Kier alpha value is 0.479. The van der Waals surface area contributed by atoms with Crippen molar-refractivity contribution in [1.82, 2.24) is 3.92 Å². The zero-order chi connectivity index (χ0) is 9.73. The van der Waals surface area contributed by atoms with E-state index in [1.807, 2.05) is 0 Å². The first kappa shape index (κ1) is 11.6. The van der Waals surface area contributed by atoms with E-state index in [-0.39, 0.29) is 0 Å². The maximum absolute atomic E-state index is 2.79. The first-order valence-electron chi connectivity index (χ1n) is 5.44. The molecule has 1 rings (SSSR count). The molecule has 81 valence electrons. The van der Waals surface area contributed by atoms with Crippen LogP contribution in [0, 0.1) is 0 Å². The molecule has 0 unspecified atom stereocenters. The van der Waals surface area contributed by atoms with E-state index in [0.717, 1.165) is 0 Å². The van der Waals surface area contributed by atoms with Crippen LogP contribution in [0.15, 0.2) is 0 Å². The van der Waals surface area contributed by atoms with Crippen LogP contribution in [0.2, 0.25) is 17.5 Å². The molecular weight excluding hydrogens is 201 g/mol. The fourth-order valence-corrected chi connectivity index (χ4v) is 3.85. The molecule has 0 aromatic carbocycles. The normalized spacial score (nSPS) is 24.5. The van der Waals surface area contributed by atoms with Gasteiger partial charge in [-0.2, -0.15) is 0 Å². The topological polar surface area (TPSA) is 3.24 Å². The van der Waals surface area contributed by atoms with Gasteiger partial charge < -0.3 is 0 Å². The summed E-state index contributed by atoms with van der Waals surface area (Å²) in [5.74, 6) is 7.44. The van der Waals surface area contributed by atoms with E-state index < -0.39 is 13.1 Å². The number of hydrogen-bond donors (Lipinski definition) is 0. The van der Waals surface area contributed by atoms with E-state index in [1.54, 1.807) is 0 Å². The predicted octanol–water partition coefficient (Wildman–Crippen LogP) is 3.86. The molecule has 0 amide bonds. The van der Waals surface area contributed by atoms with Gasteiger partial charge in [-0.25, -0.2) is 0 Å². The number of nitrogens with zero attached hydrogens (tertiary/aromatic N) is 1. The molecule has 0 radical (unpaired) electrons. The first-order chi connectivity index (χ1) is 6.11. The fourth-order valence-electron chi connectivity index (χ4n) is 1.89. The van der Waals surface area contributed by atoms with E-state index in [9.17, 15) is 0 Å². The Bertz CT molecular complexity index is 130. The Morgan fingerprint density at radius 1 is 0.692 bits per heavy atom. The molecule has 0 spiro atoms. The summed E-state index contributed by atoms with van der Waals surface area (Å²) in [5, 5.41) is 0. The van der Waals surface area contributed by atoms with Gasteiger partial charge in [0.15, 0.2) is 0 Å². The van der Waals surface area contributed by atoms with Crippen LogP contribution in [-0.2, 0) is 13.1 Å². The van der Waals surface area contributed by atoms with Crippen LogP contribution in [0.4, 0.5) is 0 Å². The van der Waals surface area contributed by atoms with Crippen molar-refractivity contribution in [3.05, 3.63) is 0 Å². The minimum absolute atomic E-state index is 1.02. The molecule has 2 heteroatoms. The van der Waals surface area contributed by atoms with Gasteiger partial charge in [0.1, 0.15) is 0 Å². The monoisotopic (exact) mass is 226 g/mol. The third kappa shape index (κ3) is 4.49. The molecule has 0 bridgehead atoms. The van der Waals surface area contributed by atoms with Crippen LogP contribution < -0.4 is 0 Å². The van der Waals surface area contributed by atoms with Crippen molar-refractivity contribution >= 4 is 0 Å². The standard InChI is InChI=1S/C8H16N.3CH3.Mn/c1-2-4-6-8-9-7-5-3-1;;;;/h1-8H2;3*1H3;/q-1;;;;+1. The molecule has 1 saturated heterocycles. The van der Waals surface area contributed by atoms with Crippen molar-refractivity contribution in [2.45, 2.75) is 56.0 Å². The fraction of sp³-hybridized carbons (Fsp3) is 1.00. The van der Waals surface area contributed by atoms with Gasteiger partial charge in [0.25, 0.3) is 0 Å². The van der Waals surface area contributed by atoms with E-state index >= 15 is 0 Å². The second-order valence-corrected chi connectivity index (χ2v) is 10.5. The molecule has 1 aliphatic rings. The molecule has 0 atom stereocenters. The molecule has 1 heterocycles. The van der Waals surface area contributed by atoms with E-state index in [0.29, 0.717) is 0 Å². The summed E-state index contributed by atoms with van der Waals surface area (Å²) in [6, 6.07) is 0. The average Bonchev–Trinajstić information content (AvgIpc) is 2.14. The summed E-state index contributed by atoms with van der Waals surface area (Å²) in [5.41, 5.74) is 0. The number of hydrogen-bond acceptors (Lipinski definition) is 1. The van der Waals surface area contributed by atoms with Crippen molar-refractivity contribution in [3.8, 4) is 0 Å². The summed E-state index contributed by atoms with van der Waals surface area (Å²) in [6.07, 6.45) is 8.73. The summed E-state index contributed by atoms with van der Waals surface area (Å²) >= 11 is -1.02. The van der Waals surface area contributed by atoms with Gasteiger partial charge in [-0.3, -0.25) is 0 Å². The summed E-state index contributed by atoms with van der Waals surface area (Å²) in [6.45, 7) is 2.74. The average molecular weight is 226 g/mol. The third-order valence-corrected chi connectivity index (χ3v) is 5.54. The SMILES string of the molecule is [CH3][Mn]([CH3])([CH3])[N]1CCCCCCCC1. The molecule has 13 heavy (non-hydrogen) atoms. The Kier molecular flexibility index (Phi) is 4.78. The van der Waals surface area contributed by atoms with Gasteiger partial charge >= 0.3 is 86.1 Å². The molecule has 0 aliphatic carbocycles. The Balaban J connectivity index is 2.41. The van der Waals surface area contributed by atoms with Crippen LogP contribution in [0.3, 0.4) is 0 Å². The second-order valence-electron chi connectivity index (χ2n) is 4.67. The minimum atomic E-state index is -1.02. The number of rotatable bonds is 1. The zero-order valence-corrected chi connectivity index (χ0v) is 10.7. The van der Waals surface area contributed by atoms with E-state index in [2.05, 4.69) is 21.4 Å². The van der Waals surface area contributed by atoms with Crippen molar-refractivity contribution in [1.29, 1.82) is 0 Å². The van der Waals surface area contributed by atoms with E-state index in [4.69, 9.17) is 0 Å². The van der Waals surface area contributed by atoms with Gasteiger partial charge in [0.05, 0.1) is 0 Å². The van der Waals surface area contributed by atoms with Crippen LogP contribution in [0.1, 0.15) is 38.5 Å². The summed E-state index contributed by atoms with van der Waals surface area (Å²) in [4.78, 5) is 0. The van der Waals surface area contributed by atoms with Gasteiger partial charge in [0, 0.05) is 0 Å².